The number of piperidine rings is 1. The van der Waals surface area contributed by atoms with E-state index in [9.17, 15) is 14.4 Å². The normalized spacial score (nSPS) is 22.2. The van der Waals surface area contributed by atoms with Gasteiger partial charge < -0.3 is 14.7 Å². The molecule has 2 rings (SSSR count). The molecule has 2 heterocycles. The van der Waals surface area contributed by atoms with E-state index in [1.165, 1.54) is 0 Å². The third-order valence-electron chi connectivity index (χ3n) is 5.20. The summed E-state index contributed by atoms with van der Waals surface area (Å²) < 4.78 is 0. The minimum Gasteiger partial charge on any atom is -0.343 e. The number of amides is 3. The van der Waals surface area contributed by atoms with Crippen molar-refractivity contribution >= 4 is 17.7 Å². The van der Waals surface area contributed by atoms with Crippen molar-refractivity contribution in [2.24, 2.45) is 5.92 Å². The van der Waals surface area contributed by atoms with E-state index in [-0.39, 0.29) is 30.2 Å². The van der Waals surface area contributed by atoms with Crippen molar-refractivity contribution in [1.82, 2.24) is 14.7 Å². The van der Waals surface area contributed by atoms with Crippen molar-refractivity contribution in [2.45, 2.75) is 52.4 Å². The quantitative estimate of drug-likeness (QED) is 0.764. The average molecular weight is 337 g/mol. The maximum absolute atomic E-state index is 12.6. The van der Waals surface area contributed by atoms with Crippen LogP contribution in [-0.2, 0) is 14.4 Å². The molecular weight excluding hydrogens is 306 g/mol. The molecule has 0 radical (unpaired) electrons. The second-order valence-corrected chi connectivity index (χ2v) is 6.82. The summed E-state index contributed by atoms with van der Waals surface area (Å²) in [6, 6.07) is 0. The Bertz CT molecular complexity index is 462. The molecule has 6 nitrogen and oxygen atoms in total. The Balaban J connectivity index is 1.92. The lowest BCUT2D eigenvalue weighted by Gasteiger charge is -2.35. The highest BCUT2D eigenvalue weighted by Gasteiger charge is 2.31. The molecule has 6 heteroatoms. The van der Waals surface area contributed by atoms with Crippen molar-refractivity contribution in [3.05, 3.63) is 0 Å². The molecule has 0 N–H and O–H groups in total. The lowest BCUT2D eigenvalue weighted by Crippen LogP contribution is -2.49. The molecule has 24 heavy (non-hydrogen) atoms. The van der Waals surface area contributed by atoms with E-state index in [1.54, 1.807) is 9.80 Å². The summed E-state index contributed by atoms with van der Waals surface area (Å²) >= 11 is 0. The Labute approximate surface area is 145 Å². The van der Waals surface area contributed by atoms with Crippen molar-refractivity contribution in [3.8, 4) is 0 Å². The number of carbonyl (C=O) groups is 3. The first-order chi connectivity index (χ1) is 11.6. The van der Waals surface area contributed by atoms with Crippen LogP contribution in [0.2, 0.25) is 0 Å². The molecule has 2 aliphatic heterocycles. The first-order valence-corrected chi connectivity index (χ1v) is 9.41. The number of nitrogens with zero attached hydrogens (tertiary/aromatic N) is 3. The fourth-order valence-corrected chi connectivity index (χ4v) is 3.67. The molecule has 0 aromatic carbocycles. The van der Waals surface area contributed by atoms with Gasteiger partial charge in [-0.1, -0.05) is 6.42 Å². The van der Waals surface area contributed by atoms with Gasteiger partial charge in [-0.25, -0.2) is 0 Å². The second-order valence-electron chi connectivity index (χ2n) is 6.82. The first kappa shape index (κ1) is 18.7. The van der Waals surface area contributed by atoms with Gasteiger partial charge in [0.1, 0.15) is 0 Å². The summed E-state index contributed by atoms with van der Waals surface area (Å²) in [5.41, 5.74) is 0. The Morgan fingerprint density at radius 2 is 1.83 bits per heavy atom. The van der Waals surface area contributed by atoms with Gasteiger partial charge in [-0.05, 0) is 39.5 Å². The molecule has 2 fully saturated rings. The van der Waals surface area contributed by atoms with Crippen LogP contribution < -0.4 is 0 Å². The molecule has 0 aromatic rings. The highest BCUT2D eigenvalue weighted by molar-refractivity contribution is 5.86. The van der Waals surface area contributed by atoms with Crippen molar-refractivity contribution in [1.29, 1.82) is 0 Å². The van der Waals surface area contributed by atoms with Crippen LogP contribution in [0.1, 0.15) is 52.4 Å². The monoisotopic (exact) mass is 337 g/mol. The molecular formula is C18H31N3O3. The zero-order chi connectivity index (χ0) is 17.5. The van der Waals surface area contributed by atoms with Crippen LogP contribution in [0.3, 0.4) is 0 Å². The van der Waals surface area contributed by atoms with Crippen LogP contribution in [0, 0.1) is 5.92 Å². The summed E-state index contributed by atoms with van der Waals surface area (Å²) in [5, 5.41) is 0. The molecule has 2 aliphatic rings. The first-order valence-electron chi connectivity index (χ1n) is 9.41. The van der Waals surface area contributed by atoms with Gasteiger partial charge in [0.15, 0.2) is 0 Å². The molecule has 1 unspecified atom stereocenters. The van der Waals surface area contributed by atoms with Crippen LogP contribution in [0.15, 0.2) is 0 Å². The standard InChI is InChI=1S/C18H31N3O3/c1-3-19(4-2)18(24)15-9-8-12-20(13-15)17(23)14-21-11-7-5-6-10-16(21)22/h15H,3-14H2,1-2H3. The fraction of sp³-hybridized carbons (Fsp3) is 0.833. The van der Waals surface area contributed by atoms with Gasteiger partial charge in [0.25, 0.3) is 0 Å². The maximum Gasteiger partial charge on any atom is 0.242 e. The minimum absolute atomic E-state index is 0.0118. The average Bonchev–Trinajstić information content (AvgIpc) is 2.80. The number of rotatable bonds is 5. The van der Waals surface area contributed by atoms with Crippen LogP contribution in [0.25, 0.3) is 0 Å². The van der Waals surface area contributed by atoms with Crippen molar-refractivity contribution in [2.75, 3.05) is 39.3 Å². The van der Waals surface area contributed by atoms with Gasteiger partial charge >= 0.3 is 0 Å². The molecule has 136 valence electrons. The Morgan fingerprint density at radius 1 is 1.08 bits per heavy atom. The van der Waals surface area contributed by atoms with Gasteiger partial charge in [-0.3, -0.25) is 14.4 Å². The summed E-state index contributed by atoms with van der Waals surface area (Å²) in [4.78, 5) is 42.5. The van der Waals surface area contributed by atoms with Crippen molar-refractivity contribution in [3.63, 3.8) is 0 Å². The summed E-state index contributed by atoms with van der Waals surface area (Å²) in [7, 11) is 0. The van der Waals surface area contributed by atoms with Crippen LogP contribution in [0.5, 0.6) is 0 Å². The van der Waals surface area contributed by atoms with Crippen molar-refractivity contribution < 1.29 is 14.4 Å². The molecule has 0 bridgehead atoms. The van der Waals surface area contributed by atoms with E-state index in [2.05, 4.69) is 0 Å². The minimum atomic E-state index is -0.0950. The predicted octanol–water partition coefficient (Wildman–Crippen LogP) is 1.50. The topological polar surface area (TPSA) is 60.9 Å². The van der Waals surface area contributed by atoms with Crippen LogP contribution in [-0.4, -0.2) is 71.7 Å². The zero-order valence-corrected chi connectivity index (χ0v) is 15.1. The lowest BCUT2D eigenvalue weighted by atomic mass is 9.96. The van der Waals surface area contributed by atoms with Gasteiger partial charge in [-0.2, -0.15) is 0 Å². The Morgan fingerprint density at radius 3 is 2.54 bits per heavy atom. The zero-order valence-electron chi connectivity index (χ0n) is 15.1. The summed E-state index contributed by atoms with van der Waals surface area (Å²) in [6.07, 6.45) is 5.21. The second kappa shape index (κ2) is 9.04. The molecule has 3 amide bonds. The number of hydrogen-bond donors (Lipinski definition) is 0. The van der Waals surface area contributed by atoms with E-state index in [0.29, 0.717) is 39.1 Å². The lowest BCUT2D eigenvalue weighted by molar-refractivity contribution is -0.144. The SMILES string of the molecule is CCN(CC)C(=O)C1CCCN(C(=O)CN2CCCCCC2=O)C1. The number of carbonyl (C=O) groups excluding carboxylic acids is 3. The van der Waals surface area contributed by atoms with Gasteiger partial charge in [-0.15, -0.1) is 0 Å². The molecule has 0 saturated carbocycles. The molecule has 0 aromatic heterocycles. The summed E-state index contributed by atoms with van der Waals surface area (Å²) in [6.45, 7) is 7.44. The number of likely N-dealkylation sites (tertiary alicyclic amines) is 2. The van der Waals surface area contributed by atoms with Crippen LogP contribution >= 0.6 is 0 Å². The molecule has 1 atom stereocenters. The summed E-state index contributed by atoms with van der Waals surface area (Å²) in [5.74, 6) is 0.140. The van der Waals surface area contributed by atoms with E-state index in [0.717, 1.165) is 32.1 Å². The van der Waals surface area contributed by atoms with Crippen LogP contribution in [0.4, 0.5) is 0 Å². The third-order valence-corrected chi connectivity index (χ3v) is 5.20. The molecule has 2 saturated heterocycles. The largest absolute Gasteiger partial charge is 0.343 e. The third kappa shape index (κ3) is 4.71. The maximum atomic E-state index is 12.6. The van der Waals surface area contributed by atoms with Gasteiger partial charge in [0.2, 0.25) is 17.7 Å². The van der Waals surface area contributed by atoms with E-state index in [1.807, 2.05) is 18.7 Å². The Kier molecular flexibility index (Phi) is 7.06. The highest BCUT2D eigenvalue weighted by atomic mass is 16.2. The smallest absolute Gasteiger partial charge is 0.242 e. The molecule has 0 aliphatic carbocycles. The molecule has 0 spiro atoms. The predicted molar refractivity (Wildman–Crippen MR) is 92.3 cm³/mol. The Hall–Kier alpha value is -1.59. The highest BCUT2D eigenvalue weighted by Crippen LogP contribution is 2.20. The van der Waals surface area contributed by atoms with E-state index >= 15 is 0 Å². The van der Waals surface area contributed by atoms with Gasteiger partial charge in [0, 0.05) is 39.1 Å². The number of hydrogen-bond acceptors (Lipinski definition) is 3. The van der Waals surface area contributed by atoms with E-state index < -0.39 is 0 Å². The van der Waals surface area contributed by atoms with E-state index in [4.69, 9.17) is 0 Å². The van der Waals surface area contributed by atoms with Gasteiger partial charge in [0.05, 0.1) is 12.5 Å². The fourth-order valence-electron chi connectivity index (χ4n) is 3.67.